The Hall–Kier alpha value is -0.210. The van der Waals surface area contributed by atoms with Gasteiger partial charge in [0.2, 0.25) is 0 Å². The summed E-state index contributed by atoms with van der Waals surface area (Å²) in [7, 11) is -4.02. The standard InChI is InChI=1S/C4H10O6S/c5-1-4(2-6)11(8,9)10-3-7/h4-7H,1-3H2. The summed E-state index contributed by atoms with van der Waals surface area (Å²) in [5, 5.41) is 23.5. The highest BCUT2D eigenvalue weighted by Crippen LogP contribution is 2.01. The topological polar surface area (TPSA) is 104 Å². The predicted octanol–water partition coefficient (Wildman–Crippen LogP) is -2.36. The summed E-state index contributed by atoms with van der Waals surface area (Å²) in [6.07, 6.45) is 0. The van der Waals surface area contributed by atoms with Crippen LogP contribution in [0.25, 0.3) is 0 Å². The normalized spacial score (nSPS) is 12.4. The Morgan fingerprint density at radius 3 is 1.91 bits per heavy atom. The van der Waals surface area contributed by atoms with Gasteiger partial charge in [0.05, 0.1) is 13.2 Å². The minimum Gasteiger partial charge on any atom is -0.395 e. The summed E-state index contributed by atoms with van der Waals surface area (Å²) in [5.74, 6) is 0. The Morgan fingerprint density at radius 2 is 1.64 bits per heavy atom. The van der Waals surface area contributed by atoms with Crippen LogP contribution in [0.4, 0.5) is 0 Å². The van der Waals surface area contributed by atoms with Crippen molar-refractivity contribution in [2.75, 3.05) is 20.0 Å². The third-order valence-electron chi connectivity index (χ3n) is 1.03. The van der Waals surface area contributed by atoms with Crippen molar-refractivity contribution in [2.45, 2.75) is 5.25 Å². The summed E-state index contributed by atoms with van der Waals surface area (Å²) in [4.78, 5) is 0. The van der Waals surface area contributed by atoms with Crippen LogP contribution >= 0.6 is 0 Å². The second-order valence-electron chi connectivity index (χ2n) is 1.73. The molecule has 0 aromatic heterocycles. The van der Waals surface area contributed by atoms with Gasteiger partial charge in [-0.3, -0.25) is 0 Å². The highest BCUT2D eigenvalue weighted by atomic mass is 32.2. The summed E-state index contributed by atoms with van der Waals surface area (Å²) < 4.78 is 25.3. The van der Waals surface area contributed by atoms with Gasteiger partial charge in [0.25, 0.3) is 10.1 Å². The van der Waals surface area contributed by atoms with Crippen LogP contribution in [0.5, 0.6) is 0 Å². The molecule has 0 amide bonds. The van der Waals surface area contributed by atoms with Crippen molar-refractivity contribution < 1.29 is 27.9 Å². The van der Waals surface area contributed by atoms with Gasteiger partial charge in [0.15, 0.2) is 6.79 Å². The molecule has 0 rings (SSSR count). The van der Waals surface area contributed by atoms with Crippen LogP contribution < -0.4 is 0 Å². The molecule has 0 aromatic carbocycles. The lowest BCUT2D eigenvalue weighted by atomic mass is 10.5. The first-order valence-corrected chi connectivity index (χ1v) is 4.26. The molecule has 0 fully saturated rings. The molecule has 0 radical (unpaired) electrons. The average Bonchev–Trinajstić information content (AvgIpc) is 1.89. The van der Waals surface area contributed by atoms with Gasteiger partial charge in [-0.2, -0.15) is 8.42 Å². The third-order valence-corrected chi connectivity index (χ3v) is 2.58. The molecule has 3 N–H and O–H groups in total. The zero-order valence-electron chi connectivity index (χ0n) is 5.67. The Balaban J connectivity index is 4.26. The maximum absolute atomic E-state index is 10.7. The first kappa shape index (κ1) is 10.8. The molecular formula is C4H10O6S. The van der Waals surface area contributed by atoms with Gasteiger partial charge in [0, 0.05) is 0 Å². The SMILES string of the molecule is O=S(=O)(OCO)C(CO)CO. The second kappa shape index (κ2) is 4.62. The van der Waals surface area contributed by atoms with Gasteiger partial charge in [-0.05, 0) is 0 Å². The highest BCUT2D eigenvalue weighted by molar-refractivity contribution is 7.87. The Kier molecular flexibility index (Phi) is 4.54. The van der Waals surface area contributed by atoms with Gasteiger partial charge < -0.3 is 15.3 Å². The lowest BCUT2D eigenvalue weighted by molar-refractivity contribution is 0.0988. The molecule has 0 atom stereocenters. The lowest BCUT2D eigenvalue weighted by Crippen LogP contribution is -2.30. The summed E-state index contributed by atoms with van der Waals surface area (Å²) in [6.45, 7) is -2.46. The van der Waals surface area contributed by atoms with Crippen LogP contribution in [0.3, 0.4) is 0 Å². The van der Waals surface area contributed by atoms with Crippen LogP contribution in [0.2, 0.25) is 0 Å². The van der Waals surface area contributed by atoms with Crippen molar-refractivity contribution in [3.8, 4) is 0 Å². The molecule has 0 spiro atoms. The predicted molar refractivity (Wildman–Crippen MR) is 35.1 cm³/mol. The van der Waals surface area contributed by atoms with E-state index in [9.17, 15) is 8.42 Å². The van der Waals surface area contributed by atoms with E-state index < -0.39 is 35.4 Å². The molecule has 7 heteroatoms. The fourth-order valence-corrected chi connectivity index (χ4v) is 1.11. The lowest BCUT2D eigenvalue weighted by Gasteiger charge is -2.09. The largest absolute Gasteiger partial charge is 0.395 e. The Morgan fingerprint density at radius 1 is 1.18 bits per heavy atom. The van der Waals surface area contributed by atoms with Gasteiger partial charge in [-0.25, -0.2) is 4.18 Å². The average molecular weight is 186 g/mol. The van der Waals surface area contributed by atoms with Crippen LogP contribution in [0.15, 0.2) is 0 Å². The van der Waals surface area contributed by atoms with Crippen LogP contribution in [0.1, 0.15) is 0 Å². The molecule has 0 unspecified atom stereocenters. The van der Waals surface area contributed by atoms with E-state index in [1.807, 2.05) is 0 Å². The van der Waals surface area contributed by atoms with E-state index in [4.69, 9.17) is 15.3 Å². The molecule has 0 saturated heterocycles. The molecule has 0 aliphatic carbocycles. The maximum Gasteiger partial charge on any atom is 0.277 e. The van der Waals surface area contributed by atoms with Crippen LogP contribution in [-0.2, 0) is 14.3 Å². The van der Waals surface area contributed by atoms with Gasteiger partial charge in [-0.15, -0.1) is 0 Å². The Bertz CT molecular complexity index is 181. The first-order valence-electron chi connectivity index (χ1n) is 2.79. The Labute approximate surface area is 64.2 Å². The fourth-order valence-electron chi connectivity index (χ4n) is 0.410. The summed E-state index contributed by atoms with van der Waals surface area (Å²) >= 11 is 0. The fraction of sp³-hybridized carbons (Fsp3) is 1.00. The van der Waals surface area contributed by atoms with Crippen molar-refractivity contribution >= 4 is 10.1 Å². The number of rotatable bonds is 5. The van der Waals surface area contributed by atoms with E-state index in [1.165, 1.54) is 0 Å². The summed E-state index contributed by atoms with van der Waals surface area (Å²) in [6, 6.07) is 0. The van der Waals surface area contributed by atoms with E-state index >= 15 is 0 Å². The monoisotopic (exact) mass is 186 g/mol. The number of hydrogen-bond donors (Lipinski definition) is 3. The number of hydrogen-bond acceptors (Lipinski definition) is 6. The number of aliphatic hydroxyl groups is 3. The van der Waals surface area contributed by atoms with Crippen LogP contribution in [0, 0.1) is 0 Å². The van der Waals surface area contributed by atoms with E-state index in [-0.39, 0.29) is 0 Å². The molecule has 0 saturated carbocycles. The molecule has 0 bridgehead atoms. The molecule has 68 valence electrons. The van der Waals surface area contributed by atoms with Gasteiger partial charge >= 0.3 is 0 Å². The highest BCUT2D eigenvalue weighted by Gasteiger charge is 2.24. The molecule has 0 heterocycles. The molecule has 0 aromatic rings. The molecule has 0 aliphatic rings. The quantitative estimate of drug-likeness (QED) is 0.327. The van der Waals surface area contributed by atoms with Crippen molar-refractivity contribution in [1.29, 1.82) is 0 Å². The van der Waals surface area contributed by atoms with Crippen LogP contribution in [-0.4, -0.2) is 49.0 Å². The van der Waals surface area contributed by atoms with E-state index in [0.29, 0.717) is 0 Å². The molecule has 6 nitrogen and oxygen atoms in total. The van der Waals surface area contributed by atoms with Gasteiger partial charge in [0.1, 0.15) is 5.25 Å². The van der Waals surface area contributed by atoms with Crippen molar-refractivity contribution in [3.05, 3.63) is 0 Å². The molecule has 11 heavy (non-hydrogen) atoms. The van der Waals surface area contributed by atoms with Crippen molar-refractivity contribution in [2.24, 2.45) is 0 Å². The number of aliphatic hydroxyl groups excluding tert-OH is 3. The zero-order chi connectivity index (χ0) is 8.91. The van der Waals surface area contributed by atoms with E-state index in [0.717, 1.165) is 0 Å². The smallest absolute Gasteiger partial charge is 0.277 e. The van der Waals surface area contributed by atoms with E-state index in [1.54, 1.807) is 0 Å². The second-order valence-corrected chi connectivity index (χ2v) is 3.61. The summed E-state index contributed by atoms with van der Waals surface area (Å²) in [5.41, 5.74) is 0. The van der Waals surface area contributed by atoms with E-state index in [2.05, 4.69) is 4.18 Å². The molecule has 0 aliphatic heterocycles. The van der Waals surface area contributed by atoms with Crippen molar-refractivity contribution in [1.82, 2.24) is 0 Å². The zero-order valence-corrected chi connectivity index (χ0v) is 6.49. The first-order chi connectivity index (χ1) is 5.08. The minimum absolute atomic E-state index is 0.737. The molecular weight excluding hydrogens is 176 g/mol. The maximum atomic E-state index is 10.7. The minimum atomic E-state index is -4.02. The van der Waals surface area contributed by atoms with Gasteiger partial charge in [-0.1, -0.05) is 0 Å². The van der Waals surface area contributed by atoms with Crippen molar-refractivity contribution in [3.63, 3.8) is 0 Å². The third kappa shape index (κ3) is 3.12.